The predicted octanol–water partition coefficient (Wildman–Crippen LogP) is 2.11. The lowest BCUT2D eigenvalue weighted by molar-refractivity contribution is -0.139. The third kappa shape index (κ3) is 5.31. The fourth-order valence-electron chi connectivity index (χ4n) is 1.94. The molecule has 124 valence electrons. The maximum absolute atomic E-state index is 12.2. The number of aliphatic carboxylic acids is 1. The summed E-state index contributed by atoms with van der Waals surface area (Å²) < 4.78 is 32.0. The highest BCUT2D eigenvalue weighted by Gasteiger charge is 2.28. The molecule has 0 aromatic heterocycles. The van der Waals surface area contributed by atoms with Crippen molar-refractivity contribution >= 4 is 16.0 Å². The van der Waals surface area contributed by atoms with Gasteiger partial charge < -0.3 is 9.84 Å². The third-order valence-corrected chi connectivity index (χ3v) is 4.97. The van der Waals surface area contributed by atoms with Crippen LogP contribution in [0.3, 0.4) is 0 Å². The molecule has 1 aromatic rings. The molecular formula is C15H23NO5S. The molecule has 1 unspecified atom stereocenters. The van der Waals surface area contributed by atoms with E-state index in [1.165, 1.54) is 19.2 Å². The van der Waals surface area contributed by atoms with Crippen molar-refractivity contribution in [3.05, 3.63) is 24.3 Å². The van der Waals surface area contributed by atoms with Gasteiger partial charge in [0.15, 0.2) is 0 Å². The van der Waals surface area contributed by atoms with E-state index >= 15 is 0 Å². The number of benzene rings is 1. The molecule has 7 heteroatoms. The van der Waals surface area contributed by atoms with Crippen LogP contribution in [0.15, 0.2) is 29.2 Å². The van der Waals surface area contributed by atoms with Crippen molar-refractivity contribution in [2.24, 2.45) is 11.3 Å². The zero-order valence-electron chi connectivity index (χ0n) is 13.3. The van der Waals surface area contributed by atoms with Crippen molar-refractivity contribution in [2.45, 2.75) is 32.1 Å². The Bertz CT molecular complexity index is 602. The van der Waals surface area contributed by atoms with Gasteiger partial charge >= 0.3 is 5.97 Å². The van der Waals surface area contributed by atoms with Gasteiger partial charge in [-0.05, 0) is 35.6 Å². The number of hydrogen-bond donors (Lipinski definition) is 2. The van der Waals surface area contributed by atoms with E-state index in [-0.39, 0.29) is 29.2 Å². The van der Waals surface area contributed by atoms with Gasteiger partial charge in [0.05, 0.1) is 12.0 Å². The minimum Gasteiger partial charge on any atom is -0.497 e. The summed E-state index contributed by atoms with van der Waals surface area (Å²) in [5.41, 5.74) is -0.319. The monoisotopic (exact) mass is 329 g/mol. The van der Waals surface area contributed by atoms with Crippen LogP contribution in [-0.4, -0.2) is 33.1 Å². The van der Waals surface area contributed by atoms with Gasteiger partial charge in [0.2, 0.25) is 10.0 Å². The summed E-state index contributed by atoms with van der Waals surface area (Å²) in [5.74, 6) is -0.681. The molecule has 0 radical (unpaired) electrons. The topological polar surface area (TPSA) is 92.7 Å². The van der Waals surface area contributed by atoms with Crippen molar-refractivity contribution in [3.63, 3.8) is 0 Å². The van der Waals surface area contributed by atoms with Crippen LogP contribution in [-0.2, 0) is 14.8 Å². The van der Waals surface area contributed by atoms with Crippen molar-refractivity contribution in [1.82, 2.24) is 4.72 Å². The van der Waals surface area contributed by atoms with Gasteiger partial charge in [-0.15, -0.1) is 0 Å². The summed E-state index contributed by atoms with van der Waals surface area (Å²) in [5, 5.41) is 8.96. The molecule has 2 N–H and O–H groups in total. The standard InChI is InChI=1S/C15H23NO5S/c1-15(2,3)11(9-14(17)18)10-16-22(19,20)13-7-5-12(21-4)6-8-13/h5-8,11,16H,9-10H2,1-4H3,(H,17,18). The molecular weight excluding hydrogens is 306 g/mol. The molecule has 0 fully saturated rings. The molecule has 0 heterocycles. The van der Waals surface area contributed by atoms with E-state index in [1.807, 2.05) is 20.8 Å². The second kappa shape index (κ2) is 7.11. The average Bonchev–Trinajstić information content (AvgIpc) is 2.42. The molecule has 0 aliphatic heterocycles. The van der Waals surface area contributed by atoms with E-state index in [2.05, 4.69) is 4.72 Å². The van der Waals surface area contributed by atoms with E-state index in [0.717, 1.165) is 0 Å². The van der Waals surface area contributed by atoms with Gasteiger partial charge in [-0.2, -0.15) is 0 Å². The molecule has 1 aromatic carbocycles. The molecule has 0 spiro atoms. The van der Waals surface area contributed by atoms with Crippen LogP contribution in [0.1, 0.15) is 27.2 Å². The molecule has 0 saturated carbocycles. The Balaban J connectivity index is 2.84. The summed E-state index contributed by atoms with van der Waals surface area (Å²) in [6.45, 7) is 5.75. The largest absolute Gasteiger partial charge is 0.497 e. The molecule has 1 rings (SSSR count). The quantitative estimate of drug-likeness (QED) is 0.799. The zero-order valence-corrected chi connectivity index (χ0v) is 14.1. The first kappa shape index (κ1) is 18.4. The van der Waals surface area contributed by atoms with Crippen molar-refractivity contribution in [3.8, 4) is 5.75 Å². The zero-order chi connectivity index (χ0) is 17.0. The Hall–Kier alpha value is -1.60. The SMILES string of the molecule is COc1ccc(S(=O)(=O)NCC(CC(=O)O)C(C)(C)C)cc1. The van der Waals surface area contributed by atoms with Crippen LogP contribution in [0.5, 0.6) is 5.75 Å². The summed E-state index contributed by atoms with van der Waals surface area (Å²) in [7, 11) is -2.17. The molecule has 6 nitrogen and oxygen atoms in total. The highest BCUT2D eigenvalue weighted by Crippen LogP contribution is 2.28. The highest BCUT2D eigenvalue weighted by atomic mass is 32.2. The summed E-state index contributed by atoms with van der Waals surface area (Å²) >= 11 is 0. The van der Waals surface area contributed by atoms with Crippen LogP contribution in [0.4, 0.5) is 0 Å². The van der Waals surface area contributed by atoms with Crippen LogP contribution in [0, 0.1) is 11.3 Å². The first-order valence-corrected chi connectivity index (χ1v) is 8.40. The van der Waals surface area contributed by atoms with Gasteiger partial charge in [-0.25, -0.2) is 13.1 Å². The highest BCUT2D eigenvalue weighted by molar-refractivity contribution is 7.89. The summed E-state index contributed by atoms with van der Waals surface area (Å²) in [6.07, 6.45) is -0.0887. The fourth-order valence-corrected chi connectivity index (χ4v) is 3.03. The Morgan fingerprint density at radius 3 is 2.23 bits per heavy atom. The van der Waals surface area contributed by atoms with Gasteiger partial charge in [0.25, 0.3) is 0 Å². The number of rotatable bonds is 7. The lowest BCUT2D eigenvalue weighted by atomic mass is 9.79. The maximum Gasteiger partial charge on any atom is 0.303 e. The van der Waals surface area contributed by atoms with Gasteiger partial charge in [0.1, 0.15) is 5.75 Å². The summed E-state index contributed by atoms with van der Waals surface area (Å²) in [6, 6.07) is 6.02. The van der Waals surface area contributed by atoms with E-state index in [9.17, 15) is 13.2 Å². The van der Waals surface area contributed by atoms with Crippen LogP contribution in [0.25, 0.3) is 0 Å². The number of carboxylic acid groups (broad SMARTS) is 1. The number of hydrogen-bond acceptors (Lipinski definition) is 4. The predicted molar refractivity (Wildman–Crippen MR) is 83.4 cm³/mol. The Morgan fingerprint density at radius 1 is 1.27 bits per heavy atom. The Kier molecular flexibility index (Phi) is 5.96. The number of ether oxygens (including phenoxy) is 1. The maximum atomic E-state index is 12.2. The van der Waals surface area contributed by atoms with Crippen molar-refractivity contribution < 1.29 is 23.1 Å². The van der Waals surface area contributed by atoms with Crippen molar-refractivity contribution in [2.75, 3.05) is 13.7 Å². The van der Waals surface area contributed by atoms with E-state index < -0.39 is 16.0 Å². The van der Waals surface area contributed by atoms with Crippen LogP contribution < -0.4 is 9.46 Å². The molecule has 0 bridgehead atoms. The molecule has 0 aliphatic rings. The molecule has 0 saturated heterocycles. The van der Waals surface area contributed by atoms with Crippen LogP contribution >= 0.6 is 0 Å². The van der Waals surface area contributed by atoms with Gasteiger partial charge in [-0.3, -0.25) is 4.79 Å². The fraction of sp³-hybridized carbons (Fsp3) is 0.533. The minimum absolute atomic E-state index is 0.0736. The third-order valence-electron chi connectivity index (χ3n) is 3.54. The lowest BCUT2D eigenvalue weighted by Crippen LogP contribution is -2.36. The molecule has 0 amide bonds. The Labute approximate surface area is 131 Å². The number of nitrogens with one attached hydrogen (secondary N) is 1. The first-order chi connectivity index (χ1) is 10.1. The second-order valence-corrected chi connectivity index (χ2v) is 7.96. The molecule has 1 atom stereocenters. The van der Waals surface area contributed by atoms with Crippen LogP contribution in [0.2, 0.25) is 0 Å². The average molecular weight is 329 g/mol. The Morgan fingerprint density at radius 2 is 1.82 bits per heavy atom. The number of carbonyl (C=O) groups is 1. The first-order valence-electron chi connectivity index (χ1n) is 6.92. The van der Waals surface area contributed by atoms with E-state index in [0.29, 0.717) is 5.75 Å². The smallest absolute Gasteiger partial charge is 0.303 e. The molecule has 22 heavy (non-hydrogen) atoms. The number of carboxylic acids is 1. The van der Waals surface area contributed by atoms with Crippen molar-refractivity contribution in [1.29, 1.82) is 0 Å². The normalized spacial score (nSPS) is 13.6. The van der Waals surface area contributed by atoms with Gasteiger partial charge in [0, 0.05) is 13.0 Å². The second-order valence-electron chi connectivity index (χ2n) is 6.19. The van der Waals surface area contributed by atoms with E-state index in [4.69, 9.17) is 9.84 Å². The van der Waals surface area contributed by atoms with E-state index in [1.54, 1.807) is 12.1 Å². The number of methoxy groups -OCH3 is 1. The minimum atomic E-state index is -3.67. The summed E-state index contributed by atoms with van der Waals surface area (Å²) in [4.78, 5) is 11.1. The number of sulfonamides is 1. The molecule has 0 aliphatic carbocycles. The lowest BCUT2D eigenvalue weighted by Gasteiger charge is -2.29. The van der Waals surface area contributed by atoms with Gasteiger partial charge in [-0.1, -0.05) is 20.8 Å².